The molecule has 0 saturated heterocycles. The molecule has 0 aliphatic carbocycles. The van der Waals surface area contributed by atoms with E-state index in [1.165, 1.54) is 14.2 Å². The van der Waals surface area contributed by atoms with Gasteiger partial charge in [-0.3, -0.25) is 4.79 Å². The van der Waals surface area contributed by atoms with Crippen LogP contribution in [-0.2, 0) is 11.3 Å². The van der Waals surface area contributed by atoms with E-state index in [1.54, 1.807) is 36.4 Å². The summed E-state index contributed by atoms with van der Waals surface area (Å²) in [5.41, 5.74) is 1.93. The van der Waals surface area contributed by atoms with Gasteiger partial charge in [0.25, 0.3) is 0 Å². The normalized spacial score (nSPS) is 10.8. The fourth-order valence-corrected chi connectivity index (χ4v) is 4.11. The molecule has 0 spiro atoms. The molecule has 2 aromatic carbocycles. The Morgan fingerprint density at radius 2 is 1.74 bits per heavy atom. The molecule has 1 aromatic heterocycles. The standard InChI is InChI=1S/C23H20Cl3NO4/c1-5-27-12(2)19(15-8-7-14(24)11-18(15)30-3)22(28)20(23(29)31-4)21(27)13-6-9-16(25)17(26)10-13/h6-11H,5H2,1-4H3. The summed E-state index contributed by atoms with van der Waals surface area (Å²) in [6, 6.07) is 9.94. The van der Waals surface area contributed by atoms with Crippen molar-refractivity contribution in [3.8, 4) is 28.1 Å². The van der Waals surface area contributed by atoms with Gasteiger partial charge >= 0.3 is 5.97 Å². The maximum absolute atomic E-state index is 13.7. The van der Waals surface area contributed by atoms with Crippen LogP contribution < -0.4 is 10.2 Å². The van der Waals surface area contributed by atoms with Crippen molar-refractivity contribution in [3.05, 3.63) is 72.9 Å². The van der Waals surface area contributed by atoms with Gasteiger partial charge in [0.05, 0.1) is 35.5 Å². The Bertz CT molecular complexity index is 1230. The van der Waals surface area contributed by atoms with E-state index in [-0.39, 0.29) is 5.56 Å². The lowest BCUT2D eigenvalue weighted by atomic mass is 9.95. The number of methoxy groups -OCH3 is 2. The monoisotopic (exact) mass is 479 g/mol. The van der Waals surface area contributed by atoms with Crippen molar-refractivity contribution in [1.82, 2.24) is 4.57 Å². The highest BCUT2D eigenvalue weighted by atomic mass is 35.5. The number of hydrogen-bond acceptors (Lipinski definition) is 4. The molecule has 0 N–H and O–H groups in total. The summed E-state index contributed by atoms with van der Waals surface area (Å²) >= 11 is 18.4. The molecule has 0 atom stereocenters. The Balaban J connectivity index is 2.49. The Morgan fingerprint density at radius 3 is 2.32 bits per heavy atom. The molecular weight excluding hydrogens is 461 g/mol. The minimum absolute atomic E-state index is 0.0969. The van der Waals surface area contributed by atoms with Crippen molar-refractivity contribution in [2.75, 3.05) is 14.2 Å². The molecular formula is C23H20Cl3NO4. The molecule has 0 fully saturated rings. The van der Waals surface area contributed by atoms with Crippen LogP contribution >= 0.6 is 34.8 Å². The van der Waals surface area contributed by atoms with Gasteiger partial charge in [0.2, 0.25) is 5.43 Å². The minimum Gasteiger partial charge on any atom is -0.496 e. The van der Waals surface area contributed by atoms with Crippen molar-refractivity contribution in [2.24, 2.45) is 0 Å². The molecule has 8 heteroatoms. The van der Waals surface area contributed by atoms with Crippen LogP contribution in [0, 0.1) is 6.92 Å². The molecule has 0 saturated carbocycles. The molecule has 1 heterocycles. The summed E-state index contributed by atoms with van der Waals surface area (Å²) in [6.45, 7) is 4.22. The molecule has 31 heavy (non-hydrogen) atoms. The second kappa shape index (κ2) is 9.35. The third kappa shape index (κ3) is 4.18. The molecule has 0 unspecified atom stereocenters. The van der Waals surface area contributed by atoms with Crippen LogP contribution in [0.2, 0.25) is 15.1 Å². The number of aromatic nitrogens is 1. The van der Waals surface area contributed by atoms with Gasteiger partial charge in [0.15, 0.2) is 0 Å². The number of benzene rings is 2. The smallest absolute Gasteiger partial charge is 0.344 e. The van der Waals surface area contributed by atoms with Gasteiger partial charge < -0.3 is 14.0 Å². The predicted molar refractivity (Wildman–Crippen MR) is 125 cm³/mol. The Morgan fingerprint density at radius 1 is 1.03 bits per heavy atom. The Labute approximate surface area is 195 Å². The first-order valence-electron chi connectivity index (χ1n) is 9.40. The molecule has 0 aliphatic heterocycles. The van der Waals surface area contributed by atoms with Crippen LogP contribution in [0.15, 0.2) is 41.2 Å². The SMILES string of the molecule is CCn1c(C)c(-c2ccc(Cl)cc2OC)c(=O)c(C(=O)OC)c1-c1ccc(Cl)c(Cl)c1. The van der Waals surface area contributed by atoms with E-state index in [9.17, 15) is 9.59 Å². The van der Waals surface area contributed by atoms with Crippen LogP contribution in [-0.4, -0.2) is 24.8 Å². The lowest BCUT2D eigenvalue weighted by molar-refractivity contribution is 0.0599. The van der Waals surface area contributed by atoms with Crippen molar-refractivity contribution >= 4 is 40.8 Å². The second-order valence-electron chi connectivity index (χ2n) is 6.72. The summed E-state index contributed by atoms with van der Waals surface area (Å²) in [6.07, 6.45) is 0. The van der Waals surface area contributed by atoms with Crippen molar-refractivity contribution in [1.29, 1.82) is 0 Å². The number of ether oxygens (including phenoxy) is 2. The maximum atomic E-state index is 13.7. The number of carbonyl (C=O) groups excluding carboxylic acids is 1. The number of carbonyl (C=O) groups is 1. The average molecular weight is 481 g/mol. The predicted octanol–water partition coefficient (Wildman–Crippen LogP) is 6.27. The Kier molecular flexibility index (Phi) is 6.99. The van der Waals surface area contributed by atoms with Gasteiger partial charge in [-0.05, 0) is 44.2 Å². The molecule has 162 valence electrons. The number of pyridine rings is 1. The van der Waals surface area contributed by atoms with Crippen LogP contribution in [0.4, 0.5) is 0 Å². The Hall–Kier alpha value is -2.47. The highest BCUT2D eigenvalue weighted by Crippen LogP contribution is 2.36. The van der Waals surface area contributed by atoms with E-state index < -0.39 is 11.4 Å². The number of halogens is 3. The van der Waals surface area contributed by atoms with Gasteiger partial charge in [-0.2, -0.15) is 0 Å². The third-order valence-corrected chi connectivity index (χ3v) is 6.03. The second-order valence-corrected chi connectivity index (χ2v) is 7.97. The van der Waals surface area contributed by atoms with Gasteiger partial charge in [-0.25, -0.2) is 4.79 Å². The molecule has 0 radical (unpaired) electrons. The summed E-state index contributed by atoms with van der Waals surface area (Å²) < 4.78 is 12.3. The highest BCUT2D eigenvalue weighted by Gasteiger charge is 2.27. The third-order valence-electron chi connectivity index (χ3n) is 5.06. The van der Waals surface area contributed by atoms with Gasteiger partial charge in [-0.15, -0.1) is 0 Å². The molecule has 0 aliphatic rings. The van der Waals surface area contributed by atoms with E-state index in [1.807, 2.05) is 18.4 Å². The van der Waals surface area contributed by atoms with E-state index in [4.69, 9.17) is 44.3 Å². The fourth-order valence-electron chi connectivity index (χ4n) is 3.65. The van der Waals surface area contributed by atoms with Gasteiger partial charge in [0, 0.05) is 28.4 Å². The van der Waals surface area contributed by atoms with Crippen LogP contribution in [0.1, 0.15) is 23.0 Å². The van der Waals surface area contributed by atoms with Crippen molar-refractivity contribution in [2.45, 2.75) is 20.4 Å². The van der Waals surface area contributed by atoms with E-state index in [2.05, 4.69) is 0 Å². The molecule has 3 aromatic rings. The highest BCUT2D eigenvalue weighted by molar-refractivity contribution is 6.42. The summed E-state index contributed by atoms with van der Waals surface area (Å²) in [5, 5.41) is 1.15. The molecule has 5 nitrogen and oxygen atoms in total. The van der Waals surface area contributed by atoms with E-state index in [0.717, 1.165) is 0 Å². The first-order valence-corrected chi connectivity index (χ1v) is 10.5. The quantitative estimate of drug-likeness (QED) is 0.404. The lowest BCUT2D eigenvalue weighted by Crippen LogP contribution is -2.26. The first-order chi connectivity index (χ1) is 14.7. The van der Waals surface area contributed by atoms with E-state index >= 15 is 0 Å². The topological polar surface area (TPSA) is 57.5 Å². The summed E-state index contributed by atoms with van der Waals surface area (Å²) in [7, 11) is 2.73. The molecule has 0 bridgehead atoms. The maximum Gasteiger partial charge on any atom is 0.344 e. The average Bonchev–Trinajstić information content (AvgIpc) is 2.75. The molecule has 0 amide bonds. The molecule has 3 rings (SSSR count). The fraction of sp³-hybridized carbons (Fsp3) is 0.217. The zero-order chi connectivity index (χ0) is 22.9. The number of rotatable bonds is 5. The lowest BCUT2D eigenvalue weighted by Gasteiger charge is -2.22. The van der Waals surface area contributed by atoms with Crippen LogP contribution in [0.3, 0.4) is 0 Å². The van der Waals surface area contributed by atoms with E-state index in [0.29, 0.717) is 55.4 Å². The van der Waals surface area contributed by atoms with Crippen molar-refractivity contribution in [3.63, 3.8) is 0 Å². The summed E-state index contributed by atoms with van der Waals surface area (Å²) in [5.74, 6) is -0.323. The zero-order valence-corrected chi connectivity index (χ0v) is 19.7. The van der Waals surface area contributed by atoms with Gasteiger partial charge in [0.1, 0.15) is 11.3 Å². The number of hydrogen-bond donors (Lipinski definition) is 0. The van der Waals surface area contributed by atoms with Gasteiger partial charge in [-0.1, -0.05) is 40.9 Å². The van der Waals surface area contributed by atoms with Crippen molar-refractivity contribution < 1.29 is 14.3 Å². The first kappa shape index (κ1) is 23.2. The minimum atomic E-state index is -0.748. The number of nitrogens with zero attached hydrogens (tertiary/aromatic N) is 1. The van der Waals surface area contributed by atoms with Crippen LogP contribution in [0.25, 0.3) is 22.4 Å². The largest absolute Gasteiger partial charge is 0.496 e. The van der Waals surface area contributed by atoms with Crippen LogP contribution in [0.5, 0.6) is 5.75 Å². The summed E-state index contributed by atoms with van der Waals surface area (Å²) in [4.78, 5) is 26.5. The number of esters is 1. The zero-order valence-electron chi connectivity index (χ0n) is 17.4.